The zero-order valence-electron chi connectivity index (χ0n) is 8.91. The minimum absolute atomic E-state index is 0.0121. The van der Waals surface area contributed by atoms with Crippen LogP contribution in [0.4, 0.5) is 11.6 Å². The van der Waals surface area contributed by atoms with Gasteiger partial charge in [0.15, 0.2) is 5.03 Å². The molecule has 0 unspecified atom stereocenters. The van der Waals surface area contributed by atoms with E-state index in [2.05, 4.69) is 25.9 Å². The minimum Gasteiger partial charge on any atom is -0.368 e. The van der Waals surface area contributed by atoms with Crippen molar-refractivity contribution in [2.75, 3.05) is 5.73 Å². The highest BCUT2D eigenvalue weighted by molar-refractivity contribution is 9.10. The fourth-order valence-electron chi connectivity index (χ4n) is 1.22. The quantitative estimate of drug-likeness (QED) is 0.529. The van der Waals surface area contributed by atoms with E-state index in [0.29, 0.717) is 0 Å². The van der Waals surface area contributed by atoms with E-state index in [-0.39, 0.29) is 16.7 Å². The van der Waals surface area contributed by atoms with E-state index in [0.717, 1.165) is 15.6 Å². The summed E-state index contributed by atoms with van der Waals surface area (Å²) in [6.45, 7) is 0. The average molecular weight is 327 g/mol. The molecule has 0 amide bonds. The lowest BCUT2D eigenvalue weighted by Crippen LogP contribution is -2.00. The van der Waals surface area contributed by atoms with Gasteiger partial charge in [0.05, 0.1) is 4.92 Å². The molecular formula is C10H7BrN4O2S. The summed E-state index contributed by atoms with van der Waals surface area (Å²) in [6, 6.07) is 7.37. The highest BCUT2D eigenvalue weighted by Gasteiger charge is 2.17. The third-order valence-electron chi connectivity index (χ3n) is 1.96. The monoisotopic (exact) mass is 326 g/mol. The van der Waals surface area contributed by atoms with Gasteiger partial charge in [0.2, 0.25) is 5.95 Å². The largest absolute Gasteiger partial charge is 0.368 e. The Morgan fingerprint density at radius 2 is 2.22 bits per heavy atom. The SMILES string of the molecule is Nc1ncc([N+](=O)[O-])c(Sc2cccc(Br)c2)n1. The van der Waals surface area contributed by atoms with Crippen molar-refractivity contribution < 1.29 is 4.92 Å². The predicted octanol–water partition coefficient (Wildman–Crippen LogP) is 2.88. The van der Waals surface area contributed by atoms with Crippen molar-refractivity contribution in [2.45, 2.75) is 9.92 Å². The number of nitrogens with zero attached hydrogens (tertiary/aromatic N) is 3. The van der Waals surface area contributed by atoms with Gasteiger partial charge in [0, 0.05) is 9.37 Å². The Labute approximate surface area is 115 Å². The maximum absolute atomic E-state index is 10.9. The molecule has 6 nitrogen and oxygen atoms in total. The van der Waals surface area contributed by atoms with Gasteiger partial charge in [-0.15, -0.1) is 0 Å². The van der Waals surface area contributed by atoms with Crippen molar-refractivity contribution >= 4 is 39.3 Å². The number of anilines is 1. The molecule has 0 aliphatic heterocycles. The summed E-state index contributed by atoms with van der Waals surface area (Å²) in [6.07, 6.45) is 1.11. The van der Waals surface area contributed by atoms with Crippen molar-refractivity contribution in [3.05, 3.63) is 45.0 Å². The Morgan fingerprint density at radius 1 is 1.44 bits per heavy atom. The fourth-order valence-corrected chi connectivity index (χ4v) is 2.69. The Balaban J connectivity index is 2.39. The highest BCUT2D eigenvalue weighted by Crippen LogP contribution is 2.33. The molecule has 8 heteroatoms. The number of hydrogen-bond acceptors (Lipinski definition) is 6. The number of halogens is 1. The number of hydrogen-bond donors (Lipinski definition) is 1. The lowest BCUT2D eigenvalue weighted by Gasteiger charge is -2.03. The van der Waals surface area contributed by atoms with Gasteiger partial charge in [-0.25, -0.2) is 4.98 Å². The second kappa shape index (κ2) is 5.32. The van der Waals surface area contributed by atoms with Gasteiger partial charge in [0.1, 0.15) is 6.20 Å². The molecule has 0 atom stereocenters. The number of benzene rings is 1. The van der Waals surface area contributed by atoms with E-state index < -0.39 is 4.92 Å². The summed E-state index contributed by atoms with van der Waals surface area (Å²) >= 11 is 4.50. The van der Waals surface area contributed by atoms with Crippen LogP contribution in [0.2, 0.25) is 0 Å². The van der Waals surface area contributed by atoms with Gasteiger partial charge in [-0.05, 0) is 18.2 Å². The molecule has 1 aromatic carbocycles. The van der Waals surface area contributed by atoms with Gasteiger partial charge in [-0.3, -0.25) is 10.1 Å². The van der Waals surface area contributed by atoms with Crippen LogP contribution in [0.1, 0.15) is 0 Å². The molecule has 1 aromatic heterocycles. The lowest BCUT2D eigenvalue weighted by atomic mass is 10.4. The molecule has 18 heavy (non-hydrogen) atoms. The van der Waals surface area contributed by atoms with Crippen LogP contribution in [-0.2, 0) is 0 Å². The molecule has 0 bridgehead atoms. The standard InChI is InChI=1S/C10H7BrN4O2S/c11-6-2-1-3-7(4-6)18-9-8(15(16)17)5-13-10(12)14-9/h1-5H,(H2,12,13,14). The van der Waals surface area contributed by atoms with E-state index >= 15 is 0 Å². The average Bonchev–Trinajstić information content (AvgIpc) is 2.28. The summed E-state index contributed by atoms with van der Waals surface area (Å²) in [4.78, 5) is 18.7. The van der Waals surface area contributed by atoms with Crippen LogP contribution in [0, 0.1) is 10.1 Å². The zero-order valence-corrected chi connectivity index (χ0v) is 11.3. The minimum atomic E-state index is -0.528. The molecule has 0 radical (unpaired) electrons. The first-order valence-electron chi connectivity index (χ1n) is 4.76. The molecule has 0 spiro atoms. The van der Waals surface area contributed by atoms with Crippen LogP contribution in [-0.4, -0.2) is 14.9 Å². The van der Waals surface area contributed by atoms with Gasteiger partial charge < -0.3 is 5.73 Å². The van der Waals surface area contributed by atoms with Crippen LogP contribution in [0.25, 0.3) is 0 Å². The molecule has 2 aromatic rings. The predicted molar refractivity (Wildman–Crippen MR) is 71.4 cm³/mol. The first-order chi connectivity index (χ1) is 8.56. The molecule has 2 rings (SSSR count). The maximum atomic E-state index is 10.9. The van der Waals surface area contributed by atoms with Crippen molar-refractivity contribution in [3.8, 4) is 0 Å². The topological polar surface area (TPSA) is 94.9 Å². The summed E-state index contributed by atoms with van der Waals surface area (Å²) < 4.78 is 0.886. The first-order valence-corrected chi connectivity index (χ1v) is 6.37. The Hall–Kier alpha value is -1.67. The molecule has 0 aliphatic rings. The van der Waals surface area contributed by atoms with Crippen LogP contribution < -0.4 is 5.73 Å². The van der Waals surface area contributed by atoms with Gasteiger partial charge in [-0.2, -0.15) is 4.98 Å². The van der Waals surface area contributed by atoms with Gasteiger partial charge in [-0.1, -0.05) is 33.8 Å². The zero-order chi connectivity index (χ0) is 13.1. The number of rotatable bonds is 3. The van der Waals surface area contributed by atoms with Gasteiger partial charge in [0.25, 0.3) is 0 Å². The first kappa shape index (κ1) is 12.8. The number of nitrogen functional groups attached to an aromatic ring is 1. The van der Waals surface area contributed by atoms with E-state index in [9.17, 15) is 10.1 Å². The summed E-state index contributed by atoms with van der Waals surface area (Å²) in [5, 5.41) is 11.1. The Morgan fingerprint density at radius 3 is 2.89 bits per heavy atom. The van der Waals surface area contributed by atoms with E-state index in [4.69, 9.17) is 5.73 Å². The van der Waals surface area contributed by atoms with Crippen LogP contribution in [0.5, 0.6) is 0 Å². The van der Waals surface area contributed by atoms with E-state index in [1.807, 2.05) is 24.3 Å². The molecular weight excluding hydrogens is 320 g/mol. The summed E-state index contributed by atoms with van der Waals surface area (Å²) in [5.74, 6) is 0.0121. The van der Waals surface area contributed by atoms with Crippen LogP contribution >= 0.6 is 27.7 Å². The fraction of sp³-hybridized carbons (Fsp3) is 0. The second-order valence-electron chi connectivity index (χ2n) is 3.24. The maximum Gasteiger partial charge on any atom is 0.320 e. The molecule has 0 saturated carbocycles. The summed E-state index contributed by atoms with van der Waals surface area (Å²) in [7, 11) is 0. The molecule has 92 valence electrons. The third-order valence-corrected chi connectivity index (χ3v) is 3.44. The van der Waals surface area contributed by atoms with Crippen LogP contribution in [0.3, 0.4) is 0 Å². The van der Waals surface area contributed by atoms with Crippen LogP contribution in [0.15, 0.2) is 44.9 Å². The number of nitrogens with two attached hydrogens (primary N) is 1. The molecule has 0 aliphatic carbocycles. The van der Waals surface area contributed by atoms with Crippen molar-refractivity contribution in [1.29, 1.82) is 0 Å². The van der Waals surface area contributed by atoms with E-state index in [1.165, 1.54) is 11.8 Å². The Bertz CT molecular complexity index is 608. The summed E-state index contributed by atoms with van der Waals surface area (Å²) in [5.41, 5.74) is 5.29. The van der Waals surface area contributed by atoms with Crippen molar-refractivity contribution in [1.82, 2.24) is 9.97 Å². The highest BCUT2D eigenvalue weighted by atomic mass is 79.9. The normalized spacial score (nSPS) is 10.3. The number of aromatic nitrogens is 2. The van der Waals surface area contributed by atoms with E-state index in [1.54, 1.807) is 0 Å². The molecule has 2 N–H and O–H groups in total. The third kappa shape index (κ3) is 2.96. The van der Waals surface area contributed by atoms with Crippen molar-refractivity contribution in [2.24, 2.45) is 0 Å². The smallest absolute Gasteiger partial charge is 0.320 e. The molecule has 0 fully saturated rings. The second-order valence-corrected chi connectivity index (χ2v) is 5.21. The number of nitro groups is 1. The molecule has 0 saturated heterocycles. The van der Waals surface area contributed by atoms with Gasteiger partial charge >= 0.3 is 5.69 Å². The molecule has 1 heterocycles. The Kier molecular flexibility index (Phi) is 3.78. The lowest BCUT2D eigenvalue weighted by molar-refractivity contribution is -0.388. The van der Waals surface area contributed by atoms with Crippen molar-refractivity contribution in [3.63, 3.8) is 0 Å².